The summed E-state index contributed by atoms with van der Waals surface area (Å²) >= 11 is 6.14. The first-order chi connectivity index (χ1) is 13.2. The molecule has 2 aromatic carbocycles. The zero-order valence-corrected chi connectivity index (χ0v) is 15.4. The fourth-order valence-electron chi connectivity index (χ4n) is 2.94. The highest BCUT2D eigenvalue weighted by Gasteiger charge is 2.11. The molecule has 0 saturated carbocycles. The topological polar surface area (TPSA) is 76.7 Å². The molecule has 2 heterocycles. The third-order valence-electron chi connectivity index (χ3n) is 4.23. The summed E-state index contributed by atoms with van der Waals surface area (Å²) in [6.45, 7) is 2.72. The first kappa shape index (κ1) is 17.3. The van der Waals surface area contributed by atoms with Crippen molar-refractivity contribution in [3.05, 3.63) is 69.4 Å². The summed E-state index contributed by atoms with van der Waals surface area (Å²) in [6.07, 6.45) is 4.43. The molecule has 0 saturated heterocycles. The number of benzene rings is 2. The van der Waals surface area contributed by atoms with Crippen molar-refractivity contribution >= 4 is 34.8 Å². The summed E-state index contributed by atoms with van der Waals surface area (Å²) in [5.41, 5.74) is 3.15. The molecule has 0 radical (unpaired) electrons. The zero-order chi connectivity index (χ0) is 18.8. The maximum atomic E-state index is 12.1. The van der Waals surface area contributed by atoms with Gasteiger partial charge in [-0.2, -0.15) is 4.98 Å². The minimum absolute atomic E-state index is 0.111. The maximum Gasteiger partial charge on any atom is 0.326 e. The van der Waals surface area contributed by atoms with Crippen molar-refractivity contribution in [2.75, 3.05) is 0 Å². The van der Waals surface area contributed by atoms with Crippen molar-refractivity contribution in [1.82, 2.24) is 19.7 Å². The molecular weight excluding hydrogens is 364 g/mol. The predicted octanol–water partition coefficient (Wildman–Crippen LogP) is 4.61. The molecule has 0 amide bonds. The number of aromatic nitrogens is 4. The van der Waals surface area contributed by atoms with Gasteiger partial charge in [-0.3, -0.25) is 4.57 Å². The van der Waals surface area contributed by atoms with Crippen LogP contribution >= 0.6 is 11.6 Å². The van der Waals surface area contributed by atoms with Gasteiger partial charge < -0.3 is 9.51 Å². The number of aryl methyl sites for hydroxylation is 1. The highest BCUT2D eigenvalue weighted by atomic mass is 35.5. The first-order valence-corrected chi connectivity index (χ1v) is 9.03. The molecule has 0 fully saturated rings. The molecule has 0 unspecified atom stereocenters. The Balaban J connectivity index is 1.63. The lowest BCUT2D eigenvalue weighted by Crippen LogP contribution is -2.16. The van der Waals surface area contributed by atoms with E-state index < -0.39 is 0 Å². The number of nitrogens with zero attached hydrogens (tertiary/aromatic N) is 3. The smallest absolute Gasteiger partial charge is 0.326 e. The Hall–Kier alpha value is -3.12. The average molecular weight is 381 g/mol. The van der Waals surface area contributed by atoms with Gasteiger partial charge in [0.25, 0.3) is 5.89 Å². The molecule has 0 aliphatic rings. The van der Waals surface area contributed by atoms with Gasteiger partial charge in [-0.25, -0.2) is 4.79 Å². The Labute approximate surface area is 160 Å². The van der Waals surface area contributed by atoms with Crippen LogP contribution in [-0.4, -0.2) is 19.7 Å². The molecule has 0 spiro atoms. The highest BCUT2D eigenvalue weighted by molar-refractivity contribution is 6.32. The summed E-state index contributed by atoms with van der Waals surface area (Å²) in [6, 6.07) is 13.1. The normalized spacial score (nSPS) is 11.6. The van der Waals surface area contributed by atoms with Gasteiger partial charge >= 0.3 is 5.69 Å². The Morgan fingerprint density at radius 3 is 2.89 bits per heavy atom. The number of halogens is 1. The van der Waals surface area contributed by atoms with Gasteiger partial charge in [0.2, 0.25) is 5.82 Å². The van der Waals surface area contributed by atoms with E-state index in [0.29, 0.717) is 23.3 Å². The lowest BCUT2D eigenvalue weighted by molar-refractivity contribution is 0.411. The fraction of sp³-hybridized carbons (Fsp3) is 0.150. The largest absolute Gasteiger partial charge is 0.334 e. The van der Waals surface area contributed by atoms with E-state index >= 15 is 0 Å². The molecule has 0 aliphatic carbocycles. The number of hydrogen-bond donors (Lipinski definition) is 1. The van der Waals surface area contributed by atoms with E-state index in [-0.39, 0.29) is 5.69 Å². The monoisotopic (exact) mass is 380 g/mol. The fourth-order valence-corrected chi connectivity index (χ4v) is 3.14. The molecule has 2 aromatic heterocycles. The number of nitrogens with one attached hydrogen (secondary N) is 1. The number of imidazole rings is 1. The zero-order valence-electron chi connectivity index (χ0n) is 14.6. The van der Waals surface area contributed by atoms with E-state index in [2.05, 4.69) is 15.1 Å². The Morgan fingerprint density at radius 2 is 2.07 bits per heavy atom. The molecule has 6 nitrogen and oxygen atoms in total. The summed E-state index contributed by atoms with van der Waals surface area (Å²) in [5, 5.41) is 4.68. The molecule has 4 aromatic rings. The summed E-state index contributed by atoms with van der Waals surface area (Å²) in [5.74, 6) is 0.835. The van der Waals surface area contributed by atoms with E-state index in [1.807, 2.05) is 55.5 Å². The minimum Gasteiger partial charge on any atom is -0.334 e. The van der Waals surface area contributed by atoms with Gasteiger partial charge in [0.15, 0.2) is 0 Å². The quantitative estimate of drug-likeness (QED) is 0.548. The molecule has 4 rings (SSSR count). The van der Waals surface area contributed by atoms with E-state index in [0.717, 1.165) is 28.6 Å². The highest BCUT2D eigenvalue weighted by Crippen LogP contribution is 2.22. The van der Waals surface area contributed by atoms with Crippen LogP contribution in [0.5, 0.6) is 0 Å². The summed E-state index contributed by atoms with van der Waals surface area (Å²) in [7, 11) is 0. The van der Waals surface area contributed by atoms with Crippen molar-refractivity contribution in [3.8, 4) is 11.4 Å². The van der Waals surface area contributed by atoms with Crippen molar-refractivity contribution in [1.29, 1.82) is 0 Å². The number of rotatable bonds is 5. The molecule has 0 aliphatic heterocycles. The van der Waals surface area contributed by atoms with Crippen LogP contribution in [0.2, 0.25) is 5.02 Å². The molecule has 7 heteroatoms. The van der Waals surface area contributed by atoms with Crippen LogP contribution in [0, 0.1) is 0 Å². The van der Waals surface area contributed by atoms with Crippen molar-refractivity contribution in [2.45, 2.75) is 19.9 Å². The number of hydrogen-bond acceptors (Lipinski definition) is 4. The van der Waals surface area contributed by atoms with E-state index in [4.69, 9.17) is 16.1 Å². The van der Waals surface area contributed by atoms with Crippen LogP contribution in [0.1, 0.15) is 24.8 Å². The van der Waals surface area contributed by atoms with Gasteiger partial charge in [-0.1, -0.05) is 41.9 Å². The maximum absolute atomic E-state index is 12.1. The van der Waals surface area contributed by atoms with Gasteiger partial charge in [-0.15, -0.1) is 0 Å². The second-order valence-electron chi connectivity index (χ2n) is 6.12. The predicted molar refractivity (Wildman–Crippen MR) is 107 cm³/mol. The third kappa shape index (κ3) is 3.44. The van der Waals surface area contributed by atoms with Crippen LogP contribution in [0.4, 0.5) is 0 Å². The third-order valence-corrected chi connectivity index (χ3v) is 4.58. The lowest BCUT2D eigenvalue weighted by Gasteiger charge is -2.00. The standard InChI is InChI=1S/C20H17ClN4O2/c1-2-11-25-17-9-7-14(12-16(17)22-20(25)26)19-23-18(27-24-19)10-8-13-5-3-4-6-15(13)21/h3-10,12H,2,11H2,1H3,(H,22,26). The van der Waals surface area contributed by atoms with Crippen LogP contribution in [0.15, 0.2) is 51.8 Å². The SMILES string of the molecule is CCCn1c(=O)[nH]c2cc(-c3noc(C=Cc4ccccc4Cl)n3)ccc21. The lowest BCUT2D eigenvalue weighted by atomic mass is 10.2. The van der Waals surface area contributed by atoms with Gasteiger partial charge in [0.05, 0.1) is 11.0 Å². The van der Waals surface area contributed by atoms with Crippen molar-refractivity contribution < 1.29 is 4.52 Å². The van der Waals surface area contributed by atoms with Crippen LogP contribution < -0.4 is 5.69 Å². The molecule has 0 atom stereocenters. The van der Waals surface area contributed by atoms with Crippen molar-refractivity contribution in [2.24, 2.45) is 0 Å². The van der Waals surface area contributed by atoms with E-state index in [1.54, 1.807) is 10.6 Å². The summed E-state index contributed by atoms with van der Waals surface area (Å²) < 4.78 is 7.02. The second kappa shape index (κ2) is 7.25. The van der Waals surface area contributed by atoms with Gasteiger partial charge in [0, 0.05) is 23.2 Å². The number of fused-ring (bicyclic) bond motifs is 1. The van der Waals surface area contributed by atoms with E-state index in [9.17, 15) is 4.79 Å². The Kier molecular flexibility index (Phi) is 4.64. The van der Waals surface area contributed by atoms with E-state index in [1.165, 1.54) is 0 Å². The van der Waals surface area contributed by atoms with Gasteiger partial charge in [-0.05, 0) is 42.3 Å². The molecule has 1 N–H and O–H groups in total. The Bertz CT molecular complexity index is 1190. The second-order valence-corrected chi connectivity index (χ2v) is 6.53. The molecule has 0 bridgehead atoms. The Morgan fingerprint density at radius 1 is 1.22 bits per heavy atom. The minimum atomic E-state index is -0.111. The van der Waals surface area contributed by atoms with Crippen molar-refractivity contribution in [3.63, 3.8) is 0 Å². The molecular formula is C20H17ClN4O2. The van der Waals surface area contributed by atoms with Crippen LogP contribution in [0.25, 0.3) is 34.6 Å². The van der Waals surface area contributed by atoms with Gasteiger partial charge in [0.1, 0.15) is 0 Å². The first-order valence-electron chi connectivity index (χ1n) is 8.65. The van der Waals surface area contributed by atoms with Crippen LogP contribution in [0.3, 0.4) is 0 Å². The number of aromatic amines is 1. The summed E-state index contributed by atoms with van der Waals surface area (Å²) in [4.78, 5) is 19.3. The average Bonchev–Trinajstić information content (AvgIpc) is 3.26. The van der Waals surface area contributed by atoms with Crippen LogP contribution in [-0.2, 0) is 6.54 Å². The number of H-pyrrole nitrogens is 1. The molecule has 27 heavy (non-hydrogen) atoms. The molecule has 136 valence electrons.